The fraction of sp³-hybridized carbons (Fsp3) is 0.455. The largest absolute Gasteiger partial charge is 0.411 e. The molecule has 3 rings (SSSR count). The van der Waals surface area contributed by atoms with Crippen molar-refractivity contribution >= 4 is 6.21 Å². The summed E-state index contributed by atoms with van der Waals surface area (Å²) in [5, 5.41) is 11.7. The molecule has 1 aliphatic carbocycles. The van der Waals surface area contributed by atoms with E-state index in [1.807, 2.05) is 12.1 Å². The lowest BCUT2D eigenvalue weighted by Gasteiger charge is -2.44. The first kappa shape index (κ1) is 17.7. The fourth-order valence-electron chi connectivity index (χ4n) is 3.98. The molecule has 3 heteroatoms. The maximum absolute atomic E-state index is 8.65. The first-order valence-electron chi connectivity index (χ1n) is 9.10. The van der Waals surface area contributed by atoms with E-state index in [9.17, 15) is 0 Å². The van der Waals surface area contributed by atoms with E-state index in [1.54, 1.807) is 6.20 Å². The lowest BCUT2D eigenvalue weighted by atomic mass is 9.61. The Bertz CT molecular complexity index is 806. The lowest BCUT2D eigenvalue weighted by Crippen LogP contribution is -2.35. The van der Waals surface area contributed by atoms with E-state index < -0.39 is 0 Å². The quantitative estimate of drug-likeness (QED) is 0.450. The van der Waals surface area contributed by atoms with Crippen LogP contribution in [0.15, 0.2) is 35.6 Å². The first-order chi connectivity index (χ1) is 11.8. The van der Waals surface area contributed by atoms with Crippen LogP contribution >= 0.6 is 0 Å². The minimum absolute atomic E-state index is 0.190. The summed E-state index contributed by atoms with van der Waals surface area (Å²) in [5.41, 5.74) is 7.66. The number of pyridine rings is 1. The maximum Gasteiger partial charge on any atom is 0.0749 e. The van der Waals surface area contributed by atoms with E-state index in [0.29, 0.717) is 0 Å². The zero-order valence-corrected chi connectivity index (χ0v) is 15.9. The van der Waals surface area contributed by atoms with Gasteiger partial charge in [0.2, 0.25) is 0 Å². The summed E-state index contributed by atoms with van der Waals surface area (Å²) < 4.78 is 0. The molecule has 0 aliphatic heterocycles. The molecule has 0 bridgehead atoms. The SMILES string of the molecule is CCC1(C)CCC(C)(C)c2cc(-c3ccc(/C=N/O)cn3)c(C)cc21. The number of fused-ring (bicyclic) bond motifs is 1. The fourth-order valence-corrected chi connectivity index (χ4v) is 3.98. The van der Waals surface area contributed by atoms with Crippen LogP contribution in [0.3, 0.4) is 0 Å². The highest BCUT2D eigenvalue weighted by Crippen LogP contribution is 2.49. The van der Waals surface area contributed by atoms with Crippen molar-refractivity contribution < 1.29 is 5.21 Å². The second-order valence-electron chi connectivity index (χ2n) is 8.23. The number of nitrogens with zero attached hydrogens (tertiary/aromatic N) is 2. The highest BCUT2D eigenvalue weighted by Gasteiger charge is 2.39. The Morgan fingerprint density at radius 1 is 1.16 bits per heavy atom. The van der Waals surface area contributed by atoms with Crippen LogP contribution in [0, 0.1) is 6.92 Å². The standard InChI is InChI=1S/C22H28N2O/c1-6-22(5)10-9-21(3,4)18-12-17(15(2)11-19(18)22)20-8-7-16(13-23-20)14-24-25/h7-8,11-14,25H,6,9-10H2,1-5H3/b24-14+. The Hall–Kier alpha value is -2.16. The summed E-state index contributed by atoms with van der Waals surface area (Å²) in [6.07, 6.45) is 6.77. The van der Waals surface area contributed by atoms with Gasteiger partial charge in [-0.15, -0.1) is 0 Å². The molecule has 0 amide bonds. The smallest absolute Gasteiger partial charge is 0.0749 e. The monoisotopic (exact) mass is 336 g/mol. The molecule has 1 aromatic heterocycles. The molecule has 3 nitrogen and oxygen atoms in total. The van der Waals surface area contributed by atoms with Gasteiger partial charge in [0.15, 0.2) is 0 Å². The molecule has 0 saturated carbocycles. The number of oxime groups is 1. The molecule has 0 spiro atoms. The van der Waals surface area contributed by atoms with E-state index in [-0.39, 0.29) is 10.8 Å². The van der Waals surface area contributed by atoms with Gasteiger partial charge in [-0.3, -0.25) is 4.98 Å². The normalized spacial score (nSPS) is 22.1. The average molecular weight is 336 g/mol. The molecule has 0 fully saturated rings. The minimum atomic E-state index is 0.190. The number of hydrogen-bond acceptors (Lipinski definition) is 3. The van der Waals surface area contributed by atoms with Gasteiger partial charge in [0.05, 0.1) is 11.9 Å². The number of benzene rings is 1. The molecule has 0 radical (unpaired) electrons. The van der Waals surface area contributed by atoms with Crippen molar-refractivity contribution in [1.82, 2.24) is 4.98 Å². The van der Waals surface area contributed by atoms with Gasteiger partial charge in [-0.05, 0) is 71.9 Å². The Morgan fingerprint density at radius 2 is 1.92 bits per heavy atom. The Kier molecular flexibility index (Phi) is 4.44. The van der Waals surface area contributed by atoms with Crippen LogP contribution < -0.4 is 0 Å². The number of aryl methyl sites for hydroxylation is 1. The van der Waals surface area contributed by atoms with Gasteiger partial charge < -0.3 is 5.21 Å². The van der Waals surface area contributed by atoms with Gasteiger partial charge >= 0.3 is 0 Å². The van der Waals surface area contributed by atoms with Crippen molar-refractivity contribution in [3.8, 4) is 11.3 Å². The van der Waals surface area contributed by atoms with Crippen molar-refractivity contribution in [2.45, 2.75) is 64.7 Å². The van der Waals surface area contributed by atoms with Gasteiger partial charge in [-0.25, -0.2) is 0 Å². The number of aromatic nitrogens is 1. The molecule has 25 heavy (non-hydrogen) atoms. The van der Waals surface area contributed by atoms with E-state index >= 15 is 0 Å². The maximum atomic E-state index is 8.65. The Morgan fingerprint density at radius 3 is 2.52 bits per heavy atom. The summed E-state index contributed by atoms with van der Waals surface area (Å²) in [4.78, 5) is 4.58. The van der Waals surface area contributed by atoms with E-state index in [2.05, 4.69) is 56.9 Å². The molecule has 1 heterocycles. The highest BCUT2D eigenvalue weighted by atomic mass is 16.4. The van der Waals surface area contributed by atoms with Crippen molar-refractivity contribution in [2.24, 2.45) is 5.16 Å². The van der Waals surface area contributed by atoms with Gasteiger partial charge in [0, 0.05) is 17.3 Å². The minimum Gasteiger partial charge on any atom is -0.411 e. The van der Waals surface area contributed by atoms with Gasteiger partial charge in [0.25, 0.3) is 0 Å². The van der Waals surface area contributed by atoms with Crippen LogP contribution in [0.5, 0.6) is 0 Å². The molecule has 1 atom stereocenters. The third kappa shape index (κ3) is 3.08. The van der Waals surface area contributed by atoms with E-state index in [0.717, 1.165) is 11.3 Å². The molecule has 2 aromatic rings. The zero-order valence-electron chi connectivity index (χ0n) is 15.9. The van der Waals surface area contributed by atoms with Gasteiger partial charge in [0.1, 0.15) is 0 Å². The molecular weight excluding hydrogens is 308 g/mol. The molecular formula is C22H28N2O. The van der Waals surface area contributed by atoms with Crippen LogP contribution in [-0.4, -0.2) is 16.4 Å². The highest BCUT2D eigenvalue weighted by molar-refractivity contribution is 5.79. The summed E-state index contributed by atoms with van der Waals surface area (Å²) in [6, 6.07) is 8.68. The average Bonchev–Trinajstić information content (AvgIpc) is 2.59. The van der Waals surface area contributed by atoms with Crippen LogP contribution in [0.4, 0.5) is 0 Å². The molecule has 1 aliphatic rings. The van der Waals surface area contributed by atoms with E-state index in [4.69, 9.17) is 5.21 Å². The topological polar surface area (TPSA) is 45.5 Å². The van der Waals surface area contributed by atoms with Crippen LogP contribution in [-0.2, 0) is 10.8 Å². The van der Waals surface area contributed by atoms with Gasteiger partial charge in [-0.1, -0.05) is 38.9 Å². The van der Waals surface area contributed by atoms with Crippen molar-refractivity contribution in [2.75, 3.05) is 0 Å². The lowest BCUT2D eigenvalue weighted by molar-refractivity contribution is 0.305. The first-order valence-corrected chi connectivity index (χ1v) is 9.10. The number of rotatable bonds is 3. The predicted molar refractivity (Wildman–Crippen MR) is 104 cm³/mol. The van der Waals surface area contributed by atoms with Crippen molar-refractivity contribution in [3.05, 3.63) is 52.7 Å². The molecule has 1 N–H and O–H groups in total. The summed E-state index contributed by atoms with van der Waals surface area (Å²) in [5.74, 6) is 0. The van der Waals surface area contributed by atoms with E-state index in [1.165, 1.54) is 47.7 Å². The van der Waals surface area contributed by atoms with Gasteiger partial charge in [-0.2, -0.15) is 0 Å². The molecule has 0 saturated heterocycles. The second kappa shape index (κ2) is 6.29. The second-order valence-corrected chi connectivity index (χ2v) is 8.23. The molecule has 1 unspecified atom stereocenters. The summed E-state index contributed by atoms with van der Waals surface area (Å²) >= 11 is 0. The van der Waals surface area contributed by atoms with Crippen molar-refractivity contribution in [3.63, 3.8) is 0 Å². The predicted octanol–water partition coefficient (Wildman–Crippen LogP) is 5.60. The molecule has 1 aromatic carbocycles. The summed E-state index contributed by atoms with van der Waals surface area (Å²) in [7, 11) is 0. The third-order valence-corrected chi connectivity index (χ3v) is 6.10. The van der Waals surface area contributed by atoms with Crippen LogP contribution in [0.2, 0.25) is 0 Å². The summed E-state index contributed by atoms with van der Waals surface area (Å²) in [6.45, 7) is 11.6. The third-order valence-electron chi connectivity index (χ3n) is 6.10. The van der Waals surface area contributed by atoms with Crippen LogP contribution in [0.1, 0.15) is 69.2 Å². The molecule has 132 valence electrons. The Balaban J connectivity index is 2.14. The zero-order chi connectivity index (χ0) is 18.2. The number of hydrogen-bond donors (Lipinski definition) is 1. The Labute approximate surface area is 150 Å². The van der Waals surface area contributed by atoms with Crippen LogP contribution in [0.25, 0.3) is 11.3 Å². The van der Waals surface area contributed by atoms with Crippen molar-refractivity contribution in [1.29, 1.82) is 0 Å².